The van der Waals surface area contributed by atoms with Gasteiger partial charge in [0.25, 0.3) is 0 Å². The topological polar surface area (TPSA) is 58.6 Å². The summed E-state index contributed by atoms with van der Waals surface area (Å²) in [6.45, 7) is 2.19. The molecule has 1 heterocycles. The molecule has 2 N–H and O–H groups in total. The summed E-state index contributed by atoms with van der Waals surface area (Å²) < 4.78 is 5.00. The van der Waals surface area contributed by atoms with Crippen LogP contribution in [0.25, 0.3) is 0 Å². The first-order valence-corrected chi connectivity index (χ1v) is 4.84. The summed E-state index contributed by atoms with van der Waals surface area (Å²) in [6.07, 6.45) is 0.621. The highest BCUT2D eigenvalue weighted by Crippen LogP contribution is 2.02. The lowest BCUT2D eigenvalue weighted by Gasteiger charge is -2.17. The Hall–Kier alpha value is -1.39. The number of phenolic OH excluding ortho intramolecular Hbond substituents is 1. The van der Waals surface area contributed by atoms with E-state index in [1.165, 1.54) is 0 Å². The molecule has 0 radical (unpaired) electrons. The van der Waals surface area contributed by atoms with Gasteiger partial charge in [-0.1, -0.05) is 18.2 Å². The highest BCUT2D eigenvalue weighted by molar-refractivity contribution is 5.56. The third kappa shape index (κ3) is 5.15. The number of aldehydes is 1. The van der Waals surface area contributed by atoms with Gasteiger partial charge in [0.1, 0.15) is 18.1 Å². The Morgan fingerprint density at radius 2 is 2.13 bits per heavy atom. The van der Waals surface area contributed by atoms with Crippen LogP contribution in [0.2, 0.25) is 0 Å². The monoisotopic (exact) mass is 209 g/mol. The van der Waals surface area contributed by atoms with Crippen molar-refractivity contribution in [2.45, 2.75) is 6.10 Å². The number of ether oxygens (including phenoxy) is 1. The summed E-state index contributed by atoms with van der Waals surface area (Å²) in [6, 6.07) is 8.71. The van der Waals surface area contributed by atoms with Crippen molar-refractivity contribution < 1.29 is 14.6 Å². The lowest BCUT2D eigenvalue weighted by molar-refractivity contribution is -0.119. The molecule has 0 saturated carbocycles. The van der Waals surface area contributed by atoms with E-state index in [1.54, 1.807) is 24.3 Å². The van der Waals surface area contributed by atoms with Crippen molar-refractivity contribution in [1.82, 2.24) is 5.32 Å². The molecule has 2 rings (SSSR count). The summed E-state index contributed by atoms with van der Waals surface area (Å²) in [5, 5.41) is 11.7. The quantitative estimate of drug-likeness (QED) is 0.664. The largest absolute Gasteiger partial charge is 0.508 e. The fourth-order valence-corrected chi connectivity index (χ4v) is 1.10. The second-order valence-electron chi connectivity index (χ2n) is 3.08. The fourth-order valence-electron chi connectivity index (χ4n) is 1.10. The highest BCUT2D eigenvalue weighted by Gasteiger charge is 2.09. The van der Waals surface area contributed by atoms with E-state index in [4.69, 9.17) is 9.84 Å². The zero-order chi connectivity index (χ0) is 10.9. The van der Waals surface area contributed by atoms with Crippen LogP contribution >= 0.6 is 0 Å². The Morgan fingerprint density at radius 1 is 1.40 bits per heavy atom. The van der Waals surface area contributed by atoms with Gasteiger partial charge in [-0.2, -0.15) is 0 Å². The lowest BCUT2D eigenvalue weighted by Crippen LogP contribution is -2.39. The van der Waals surface area contributed by atoms with Gasteiger partial charge in [-0.3, -0.25) is 0 Å². The maximum absolute atomic E-state index is 9.99. The van der Waals surface area contributed by atoms with E-state index in [-0.39, 0.29) is 6.10 Å². The number of hydrogen-bond acceptors (Lipinski definition) is 4. The summed E-state index contributed by atoms with van der Waals surface area (Å²) in [5.41, 5.74) is 0. The van der Waals surface area contributed by atoms with Crippen LogP contribution in [0.4, 0.5) is 0 Å². The Bertz CT molecular complexity index is 270. The molecule has 4 heteroatoms. The molecule has 1 aliphatic heterocycles. The second kappa shape index (κ2) is 6.98. The van der Waals surface area contributed by atoms with Gasteiger partial charge in [-0.25, -0.2) is 0 Å². The van der Waals surface area contributed by atoms with Crippen LogP contribution in [-0.4, -0.2) is 37.2 Å². The second-order valence-corrected chi connectivity index (χ2v) is 3.08. The number of aromatic hydroxyl groups is 1. The molecule has 4 nitrogen and oxygen atoms in total. The first kappa shape index (κ1) is 11.7. The van der Waals surface area contributed by atoms with Crippen molar-refractivity contribution in [2.24, 2.45) is 0 Å². The van der Waals surface area contributed by atoms with Crippen molar-refractivity contribution in [1.29, 1.82) is 0 Å². The van der Waals surface area contributed by atoms with Crippen molar-refractivity contribution >= 4 is 6.29 Å². The predicted octanol–water partition coefficient (Wildman–Crippen LogP) is 0.566. The first-order chi connectivity index (χ1) is 7.33. The summed E-state index contributed by atoms with van der Waals surface area (Å²) in [5.74, 6) is 0.322. The van der Waals surface area contributed by atoms with Crippen LogP contribution < -0.4 is 5.32 Å². The average molecular weight is 209 g/mol. The third-order valence-corrected chi connectivity index (χ3v) is 1.86. The molecule has 1 saturated heterocycles. The zero-order valence-electron chi connectivity index (χ0n) is 8.43. The standard InChI is InChI=1S/C6H6O.C5H9NO2/c7-6-4-2-1-3-5-6;7-4-5-3-6-1-2-8-5/h1-5,7H;4-6H,1-3H2. The zero-order valence-corrected chi connectivity index (χ0v) is 8.43. The van der Waals surface area contributed by atoms with Crippen LogP contribution in [0.1, 0.15) is 0 Å². The van der Waals surface area contributed by atoms with Gasteiger partial charge in [-0.15, -0.1) is 0 Å². The number of phenols is 1. The smallest absolute Gasteiger partial charge is 0.150 e. The van der Waals surface area contributed by atoms with E-state index >= 15 is 0 Å². The number of benzene rings is 1. The Balaban J connectivity index is 0.000000151. The molecular weight excluding hydrogens is 194 g/mol. The molecule has 15 heavy (non-hydrogen) atoms. The Kier molecular flexibility index (Phi) is 5.43. The SMILES string of the molecule is O=CC1CNCCO1.Oc1ccccc1. The number of carbonyl (C=O) groups excluding carboxylic acids is 1. The van der Waals surface area contributed by atoms with Crippen LogP contribution in [-0.2, 0) is 9.53 Å². The van der Waals surface area contributed by atoms with Gasteiger partial charge in [0.05, 0.1) is 6.61 Å². The molecule has 1 unspecified atom stereocenters. The molecule has 0 bridgehead atoms. The first-order valence-electron chi connectivity index (χ1n) is 4.84. The predicted molar refractivity (Wildman–Crippen MR) is 56.8 cm³/mol. The van der Waals surface area contributed by atoms with Crippen LogP contribution in [0.3, 0.4) is 0 Å². The third-order valence-electron chi connectivity index (χ3n) is 1.86. The molecular formula is C11H15NO3. The number of hydrogen-bond donors (Lipinski definition) is 2. The van der Waals surface area contributed by atoms with Gasteiger partial charge in [0.15, 0.2) is 0 Å². The molecule has 0 aliphatic carbocycles. The highest BCUT2D eigenvalue weighted by atomic mass is 16.5. The van der Waals surface area contributed by atoms with E-state index in [2.05, 4.69) is 5.32 Å². The minimum Gasteiger partial charge on any atom is -0.508 e. The molecule has 1 fully saturated rings. The molecule has 82 valence electrons. The van der Waals surface area contributed by atoms with Crippen molar-refractivity contribution in [3.8, 4) is 5.75 Å². The molecule has 1 aliphatic rings. The van der Waals surface area contributed by atoms with Crippen LogP contribution in [0, 0.1) is 0 Å². The fraction of sp³-hybridized carbons (Fsp3) is 0.364. The molecule has 1 atom stereocenters. The van der Waals surface area contributed by atoms with Gasteiger partial charge in [-0.05, 0) is 12.1 Å². The van der Waals surface area contributed by atoms with Gasteiger partial charge in [0.2, 0.25) is 0 Å². The van der Waals surface area contributed by atoms with Crippen LogP contribution in [0.15, 0.2) is 30.3 Å². The van der Waals surface area contributed by atoms with Crippen molar-refractivity contribution in [2.75, 3.05) is 19.7 Å². The maximum atomic E-state index is 9.99. The van der Waals surface area contributed by atoms with E-state index in [0.29, 0.717) is 18.9 Å². The number of morpholine rings is 1. The van der Waals surface area contributed by atoms with Crippen LogP contribution in [0.5, 0.6) is 5.75 Å². The van der Waals surface area contributed by atoms with Crippen molar-refractivity contribution in [3.63, 3.8) is 0 Å². The summed E-state index contributed by atoms with van der Waals surface area (Å²) in [4.78, 5) is 9.99. The number of carbonyl (C=O) groups is 1. The minimum absolute atomic E-state index is 0.205. The molecule has 0 spiro atoms. The molecule has 1 aromatic rings. The molecule has 0 amide bonds. The van der Waals surface area contributed by atoms with E-state index in [0.717, 1.165) is 12.8 Å². The number of para-hydroxylation sites is 1. The average Bonchev–Trinajstić information content (AvgIpc) is 2.32. The minimum atomic E-state index is -0.205. The lowest BCUT2D eigenvalue weighted by atomic mass is 10.3. The maximum Gasteiger partial charge on any atom is 0.150 e. The van der Waals surface area contributed by atoms with Crippen molar-refractivity contribution in [3.05, 3.63) is 30.3 Å². The van der Waals surface area contributed by atoms with E-state index < -0.39 is 0 Å². The van der Waals surface area contributed by atoms with E-state index in [9.17, 15) is 4.79 Å². The van der Waals surface area contributed by atoms with Gasteiger partial charge in [0, 0.05) is 13.1 Å². The summed E-state index contributed by atoms with van der Waals surface area (Å²) in [7, 11) is 0. The number of rotatable bonds is 1. The van der Waals surface area contributed by atoms with Gasteiger partial charge >= 0.3 is 0 Å². The Labute approximate surface area is 88.9 Å². The van der Waals surface area contributed by atoms with E-state index in [1.807, 2.05) is 6.07 Å². The van der Waals surface area contributed by atoms with Gasteiger partial charge < -0.3 is 20.0 Å². The molecule has 0 aromatic heterocycles. The normalized spacial score (nSPS) is 19.9. The molecule has 1 aromatic carbocycles. The number of nitrogens with one attached hydrogen (secondary N) is 1. The summed E-state index contributed by atoms with van der Waals surface area (Å²) >= 11 is 0. The Morgan fingerprint density at radius 3 is 2.47 bits per heavy atom.